The number of aromatic nitrogens is 5. The lowest BCUT2D eigenvalue weighted by Crippen LogP contribution is -2.12. The summed E-state index contributed by atoms with van der Waals surface area (Å²) in [4.78, 5) is 15.4. The van der Waals surface area contributed by atoms with Crippen LogP contribution in [-0.2, 0) is 0 Å². The second-order valence-electron chi connectivity index (χ2n) is 4.34. The maximum atomic E-state index is 11.1. The van der Waals surface area contributed by atoms with Gasteiger partial charge in [0.15, 0.2) is 5.69 Å². The number of aromatic carboxylic acids is 1. The van der Waals surface area contributed by atoms with Crippen molar-refractivity contribution < 1.29 is 14.3 Å². The van der Waals surface area contributed by atoms with Crippen LogP contribution < -0.4 is 0 Å². The zero-order chi connectivity index (χ0) is 14.8. The Labute approximate surface area is 119 Å². The number of nitrogens with zero attached hydrogens (tertiary/aromatic N) is 5. The Morgan fingerprint density at radius 1 is 1.43 bits per heavy atom. The molecule has 1 atom stereocenters. The summed E-state index contributed by atoms with van der Waals surface area (Å²) >= 11 is 0. The molecule has 1 unspecified atom stereocenters. The van der Waals surface area contributed by atoms with Crippen LogP contribution >= 0.6 is 0 Å². The fraction of sp³-hybridized carbons (Fsp3) is 0.154. The summed E-state index contributed by atoms with van der Waals surface area (Å²) in [6.07, 6.45) is 2.85. The molecule has 0 aliphatic rings. The van der Waals surface area contributed by atoms with E-state index in [1.54, 1.807) is 12.3 Å². The van der Waals surface area contributed by atoms with Crippen LogP contribution in [0.2, 0.25) is 0 Å². The molecule has 3 aromatic rings. The molecule has 0 fully saturated rings. The number of pyridine rings is 1. The molecule has 106 valence electrons. The highest BCUT2D eigenvalue weighted by molar-refractivity contribution is 5.86. The van der Waals surface area contributed by atoms with Gasteiger partial charge in [-0.1, -0.05) is 6.07 Å². The number of hydrogen-bond acceptors (Lipinski definition) is 6. The van der Waals surface area contributed by atoms with E-state index in [-0.39, 0.29) is 17.6 Å². The van der Waals surface area contributed by atoms with E-state index in [1.165, 1.54) is 17.1 Å². The maximum absolute atomic E-state index is 11.1. The lowest BCUT2D eigenvalue weighted by Gasteiger charge is -2.13. The van der Waals surface area contributed by atoms with Crippen molar-refractivity contribution in [3.05, 3.63) is 48.2 Å². The monoisotopic (exact) mass is 285 g/mol. The third-order valence-electron chi connectivity index (χ3n) is 3.02. The molecule has 0 radical (unpaired) electrons. The van der Waals surface area contributed by atoms with Crippen molar-refractivity contribution in [1.82, 2.24) is 25.0 Å². The van der Waals surface area contributed by atoms with Gasteiger partial charge in [0, 0.05) is 12.3 Å². The molecule has 0 amide bonds. The molecule has 0 aromatic carbocycles. The van der Waals surface area contributed by atoms with Crippen LogP contribution in [0.3, 0.4) is 0 Å². The molecule has 3 rings (SSSR count). The Bertz CT molecular complexity index is 751. The third-order valence-corrected chi connectivity index (χ3v) is 3.02. The molecule has 1 N–H and O–H groups in total. The molecule has 8 heteroatoms. The predicted molar refractivity (Wildman–Crippen MR) is 70.5 cm³/mol. The van der Waals surface area contributed by atoms with Gasteiger partial charge in [-0.05, 0) is 19.1 Å². The van der Waals surface area contributed by atoms with Gasteiger partial charge in [-0.25, -0.2) is 4.79 Å². The second-order valence-corrected chi connectivity index (χ2v) is 4.34. The summed E-state index contributed by atoms with van der Waals surface area (Å²) in [6.45, 7) is 1.86. The predicted octanol–water partition coefficient (Wildman–Crippen LogP) is 1.64. The summed E-state index contributed by atoms with van der Waals surface area (Å²) in [7, 11) is 0. The number of carboxylic acid groups (broad SMARTS) is 1. The van der Waals surface area contributed by atoms with Crippen LogP contribution in [0.4, 0.5) is 0 Å². The van der Waals surface area contributed by atoms with Crippen LogP contribution in [0.15, 0.2) is 41.3 Å². The normalized spacial score (nSPS) is 12.2. The van der Waals surface area contributed by atoms with Crippen molar-refractivity contribution in [2.24, 2.45) is 0 Å². The number of rotatable bonds is 4. The fourth-order valence-corrected chi connectivity index (χ4v) is 1.99. The van der Waals surface area contributed by atoms with E-state index < -0.39 is 5.97 Å². The van der Waals surface area contributed by atoms with E-state index >= 15 is 0 Å². The average molecular weight is 285 g/mol. The molecule has 8 nitrogen and oxygen atoms in total. The third kappa shape index (κ3) is 2.38. The molecule has 3 aromatic heterocycles. The minimum Gasteiger partial charge on any atom is -0.476 e. The van der Waals surface area contributed by atoms with Crippen LogP contribution in [0.5, 0.6) is 0 Å². The second kappa shape index (κ2) is 5.16. The van der Waals surface area contributed by atoms with Gasteiger partial charge in [-0.3, -0.25) is 9.67 Å². The summed E-state index contributed by atoms with van der Waals surface area (Å²) in [6, 6.07) is 6.62. The average Bonchev–Trinajstić information content (AvgIpc) is 3.16. The lowest BCUT2D eigenvalue weighted by atomic mass is 10.2. The Kier molecular flexibility index (Phi) is 3.19. The van der Waals surface area contributed by atoms with Crippen molar-refractivity contribution in [2.45, 2.75) is 13.0 Å². The Balaban J connectivity index is 2.10. The van der Waals surface area contributed by atoms with Crippen LogP contribution in [-0.4, -0.2) is 36.0 Å². The van der Waals surface area contributed by atoms with Crippen LogP contribution in [0.1, 0.15) is 29.1 Å². The van der Waals surface area contributed by atoms with E-state index in [0.29, 0.717) is 5.69 Å². The first-order valence-corrected chi connectivity index (χ1v) is 6.17. The first kappa shape index (κ1) is 13.0. The summed E-state index contributed by atoms with van der Waals surface area (Å²) in [5, 5.41) is 20.6. The highest BCUT2D eigenvalue weighted by Crippen LogP contribution is 2.24. The largest absolute Gasteiger partial charge is 0.476 e. The first-order chi connectivity index (χ1) is 10.2. The molecule has 0 saturated carbocycles. The van der Waals surface area contributed by atoms with Gasteiger partial charge in [0.05, 0.1) is 11.7 Å². The first-order valence-electron chi connectivity index (χ1n) is 6.17. The highest BCUT2D eigenvalue weighted by Gasteiger charge is 2.22. The summed E-state index contributed by atoms with van der Waals surface area (Å²) < 4.78 is 6.66. The van der Waals surface area contributed by atoms with Gasteiger partial charge < -0.3 is 9.52 Å². The zero-order valence-corrected chi connectivity index (χ0v) is 11.0. The minimum absolute atomic E-state index is 0.0917. The number of carboxylic acids is 1. The minimum atomic E-state index is -1.12. The van der Waals surface area contributed by atoms with Crippen molar-refractivity contribution in [3.63, 3.8) is 0 Å². The Morgan fingerprint density at radius 3 is 2.90 bits per heavy atom. The lowest BCUT2D eigenvalue weighted by molar-refractivity contribution is 0.0689. The van der Waals surface area contributed by atoms with E-state index in [1.807, 2.05) is 19.1 Å². The maximum Gasteiger partial charge on any atom is 0.356 e. The van der Waals surface area contributed by atoms with Crippen LogP contribution in [0, 0.1) is 0 Å². The quantitative estimate of drug-likeness (QED) is 0.776. The van der Waals surface area contributed by atoms with Gasteiger partial charge in [-0.15, -0.1) is 10.2 Å². The van der Waals surface area contributed by atoms with Crippen molar-refractivity contribution in [3.8, 4) is 11.6 Å². The molecule has 0 saturated heterocycles. The molecular weight excluding hydrogens is 274 g/mol. The SMILES string of the molecule is CC(c1ccccn1)n1nc(C(=O)O)cc1-c1nnco1. The van der Waals surface area contributed by atoms with E-state index in [4.69, 9.17) is 9.52 Å². The zero-order valence-electron chi connectivity index (χ0n) is 11.0. The molecule has 0 spiro atoms. The number of carbonyl (C=O) groups is 1. The Hall–Kier alpha value is -3.03. The molecule has 3 heterocycles. The fourth-order valence-electron chi connectivity index (χ4n) is 1.99. The summed E-state index contributed by atoms with van der Waals surface area (Å²) in [5.74, 6) is -0.916. The van der Waals surface area contributed by atoms with Gasteiger partial charge in [0.2, 0.25) is 6.39 Å². The molecule has 0 aliphatic carbocycles. The van der Waals surface area contributed by atoms with Crippen molar-refractivity contribution >= 4 is 5.97 Å². The molecule has 0 bridgehead atoms. The van der Waals surface area contributed by atoms with Crippen LogP contribution in [0.25, 0.3) is 11.6 Å². The number of hydrogen-bond donors (Lipinski definition) is 1. The molecule has 21 heavy (non-hydrogen) atoms. The molecule has 0 aliphatic heterocycles. The van der Waals surface area contributed by atoms with E-state index in [0.717, 1.165) is 5.69 Å². The Morgan fingerprint density at radius 2 is 2.29 bits per heavy atom. The van der Waals surface area contributed by atoms with Crippen molar-refractivity contribution in [2.75, 3.05) is 0 Å². The summed E-state index contributed by atoms with van der Waals surface area (Å²) in [5.41, 5.74) is 1.09. The van der Waals surface area contributed by atoms with E-state index in [2.05, 4.69) is 20.3 Å². The topological polar surface area (TPSA) is 107 Å². The highest BCUT2D eigenvalue weighted by atomic mass is 16.4. The smallest absolute Gasteiger partial charge is 0.356 e. The van der Waals surface area contributed by atoms with Gasteiger partial charge in [0.25, 0.3) is 5.89 Å². The molecular formula is C13H11N5O3. The van der Waals surface area contributed by atoms with Gasteiger partial charge in [0.1, 0.15) is 5.69 Å². The van der Waals surface area contributed by atoms with E-state index in [9.17, 15) is 4.79 Å². The van der Waals surface area contributed by atoms with Gasteiger partial charge >= 0.3 is 5.97 Å². The van der Waals surface area contributed by atoms with Crippen molar-refractivity contribution in [1.29, 1.82) is 0 Å². The standard InChI is InChI=1S/C13H11N5O3/c1-8(9-4-2-3-5-14-9)18-11(12-16-15-7-21-12)6-10(17-18)13(19)20/h2-8H,1H3,(H,19,20). The van der Waals surface area contributed by atoms with Gasteiger partial charge in [-0.2, -0.15) is 5.10 Å².